The molecule has 22 heavy (non-hydrogen) atoms. The molecule has 1 aromatic carbocycles. The normalized spacial score (nSPS) is 10.5. The first-order chi connectivity index (χ1) is 10.7. The summed E-state index contributed by atoms with van der Waals surface area (Å²) >= 11 is 1.47. The molecule has 7 nitrogen and oxygen atoms in total. The molecule has 0 N–H and O–H groups in total. The number of likely N-dealkylation sites (N-methyl/N-ethyl adjacent to an activating group) is 1. The number of carbonyl (C=O) groups is 1. The highest BCUT2D eigenvalue weighted by molar-refractivity contribution is 7.22. The maximum atomic E-state index is 12.4. The number of anilines is 1. The molecule has 2 heterocycles. The van der Waals surface area contributed by atoms with Crippen LogP contribution < -0.4 is 4.90 Å². The Morgan fingerprint density at radius 2 is 2.27 bits per heavy atom. The van der Waals surface area contributed by atoms with Crippen molar-refractivity contribution in [3.05, 3.63) is 36.4 Å². The second kappa shape index (κ2) is 5.91. The molecule has 0 unspecified atom stereocenters. The lowest BCUT2D eigenvalue weighted by Crippen LogP contribution is -2.33. The van der Waals surface area contributed by atoms with Gasteiger partial charge in [-0.1, -0.05) is 23.5 Å². The molecule has 3 rings (SSSR count). The van der Waals surface area contributed by atoms with E-state index in [-0.39, 0.29) is 18.3 Å². The first kappa shape index (κ1) is 14.2. The molecular weight excluding hydrogens is 300 g/mol. The molecule has 3 aromatic rings. The Kier molecular flexibility index (Phi) is 3.80. The molecule has 8 heteroatoms. The predicted molar refractivity (Wildman–Crippen MR) is 82.4 cm³/mol. The molecule has 1 amide bonds. The summed E-state index contributed by atoms with van der Waals surface area (Å²) in [5.41, 5.74) is 0.876. The van der Waals surface area contributed by atoms with Gasteiger partial charge in [0.15, 0.2) is 5.13 Å². The van der Waals surface area contributed by atoms with Crippen molar-refractivity contribution in [2.75, 3.05) is 11.4 Å². The van der Waals surface area contributed by atoms with Crippen molar-refractivity contribution < 1.29 is 4.79 Å². The number of nitrogens with zero attached hydrogens (tertiary/aromatic N) is 6. The molecule has 0 spiro atoms. The number of thiazole rings is 1. The fraction of sp³-hybridized carbons (Fsp3) is 0.214. The van der Waals surface area contributed by atoms with E-state index in [4.69, 9.17) is 5.26 Å². The molecular formula is C14H12N6OS. The van der Waals surface area contributed by atoms with Crippen molar-refractivity contribution in [3.8, 4) is 6.07 Å². The number of carbonyl (C=O) groups excluding carboxylic acids is 1. The largest absolute Gasteiger partial charge is 0.287 e. The Morgan fingerprint density at radius 1 is 1.45 bits per heavy atom. The summed E-state index contributed by atoms with van der Waals surface area (Å²) in [7, 11) is 0. The van der Waals surface area contributed by atoms with Crippen LogP contribution in [0.2, 0.25) is 0 Å². The Morgan fingerprint density at radius 3 is 2.95 bits per heavy atom. The summed E-state index contributed by atoms with van der Waals surface area (Å²) in [5.74, 6) is -0.0909. The molecule has 0 radical (unpaired) electrons. The van der Waals surface area contributed by atoms with Crippen molar-refractivity contribution >= 4 is 32.6 Å². The van der Waals surface area contributed by atoms with E-state index in [9.17, 15) is 4.79 Å². The molecule has 0 saturated carbocycles. The zero-order valence-corrected chi connectivity index (χ0v) is 12.6. The van der Waals surface area contributed by atoms with Crippen LogP contribution in [0, 0.1) is 11.3 Å². The van der Waals surface area contributed by atoms with Gasteiger partial charge in [0.25, 0.3) is 11.7 Å². The number of benzene rings is 1. The van der Waals surface area contributed by atoms with Crippen LogP contribution in [0.25, 0.3) is 10.2 Å². The zero-order valence-electron chi connectivity index (χ0n) is 11.8. The van der Waals surface area contributed by atoms with Crippen LogP contribution >= 0.6 is 11.3 Å². The molecule has 0 fully saturated rings. The Balaban J connectivity index is 1.83. The predicted octanol–water partition coefficient (Wildman–Crippen LogP) is 1.81. The Labute approximate surface area is 130 Å². The zero-order chi connectivity index (χ0) is 15.5. The highest BCUT2D eigenvalue weighted by Crippen LogP contribution is 2.28. The number of hydrogen-bond donors (Lipinski definition) is 0. The number of rotatable bonds is 4. The van der Waals surface area contributed by atoms with Crippen LogP contribution in [0.5, 0.6) is 0 Å². The number of hydrogen-bond acceptors (Lipinski definition) is 6. The summed E-state index contributed by atoms with van der Waals surface area (Å²) in [6.07, 6.45) is 1.38. The van der Waals surface area contributed by atoms with Gasteiger partial charge in [0.2, 0.25) is 0 Å². The van der Waals surface area contributed by atoms with Crippen molar-refractivity contribution in [1.82, 2.24) is 19.7 Å². The lowest BCUT2D eigenvalue weighted by molar-refractivity contribution is -0.119. The first-order valence-corrected chi connectivity index (χ1v) is 7.48. The second-order valence-electron chi connectivity index (χ2n) is 4.48. The van der Waals surface area contributed by atoms with Gasteiger partial charge in [0.1, 0.15) is 18.9 Å². The van der Waals surface area contributed by atoms with Crippen LogP contribution in [0.1, 0.15) is 12.7 Å². The summed E-state index contributed by atoms with van der Waals surface area (Å²) in [5, 5.41) is 13.3. The fourth-order valence-corrected chi connectivity index (χ4v) is 3.09. The van der Waals surface area contributed by atoms with E-state index in [1.807, 2.05) is 37.3 Å². The van der Waals surface area contributed by atoms with Gasteiger partial charge in [0, 0.05) is 6.54 Å². The van der Waals surface area contributed by atoms with E-state index < -0.39 is 0 Å². The molecule has 0 aliphatic carbocycles. The standard InChI is InChI=1S/C14H12N6OS/c1-2-20(13(21)8-19-9-16-12(7-15)18-19)14-17-10-5-3-4-6-11(10)22-14/h3-6,9H,2,8H2,1H3. The molecule has 110 valence electrons. The van der Waals surface area contributed by atoms with Gasteiger partial charge in [-0.05, 0) is 19.1 Å². The smallest absolute Gasteiger partial charge is 0.252 e. The number of aromatic nitrogens is 4. The van der Waals surface area contributed by atoms with E-state index >= 15 is 0 Å². The van der Waals surface area contributed by atoms with Crippen molar-refractivity contribution in [1.29, 1.82) is 5.26 Å². The van der Waals surface area contributed by atoms with Crippen LogP contribution in [-0.2, 0) is 11.3 Å². The van der Waals surface area contributed by atoms with Gasteiger partial charge in [-0.25, -0.2) is 14.6 Å². The number of fused-ring (bicyclic) bond motifs is 1. The van der Waals surface area contributed by atoms with Crippen LogP contribution in [-0.4, -0.2) is 32.2 Å². The minimum Gasteiger partial charge on any atom is -0.287 e. The average molecular weight is 312 g/mol. The molecule has 0 aliphatic rings. The quantitative estimate of drug-likeness (QED) is 0.733. The highest BCUT2D eigenvalue weighted by Gasteiger charge is 2.18. The SMILES string of the molecule is CCN(C(=O)Cn1cnc(C#N)n1)c1nc2ccccc2s1. The summed E-state index contributed by atoms with van der Waals surface area (Å²) in [4.78, 5) is 22.3. The topological polar surface area (TPSA) is 87.7 Å². The second-order valence-corrected chi connectivity index (χ2v) is 5.49. The van der Waals surface area contributed by atoms with Gasteiger partial charge < -0.3 is 0 Å². The lowest BCUT2D eigenvalue weighted by atomic mass is 10.3. The van der Waals surface area contributed by atoms with Crippen LogP contribution in [0.4, 0.5) is 5.13 Å². The molecule has 0 aliphatic heterocycles. The van der Waals surface area contributed by atoms with Crippen molar-refractivity contribution in [2.45, 2.75) is 13.5 Å². The number of amides is 1. The average Bonchev–Trinajstić information content (AvgIpc) is 3.14. The van der Waals surface area contributed by atoms with Gasteiger partial charge >= 0.3 is 0 Å². The summed E-state index contributed by atoms with van der Waals surface area (Å²) in [6, 6.07) is 9.60. The van der Waals surface area contributed by atoms with E-state index in [1.54, 1.807) is 4.90 Å². The van der Waals surface area contributed by atoms with E-state index in [1.165, 1.54) is 22.3 Å². The first-order valence-electron chi connectivity index (χ1n) is 6.66. The number of nitriles is 1. The van der Waals surface area contributed by atoms with E-state index in [0.29, 0.717) is 11.7 Å². The fourth-order valence-electron chi connectivity index (χ4n) is 2.04. The maximum Gasteiger partial charge on any atom is 0.252 e. The summed E-state index contributed by atoms with van der Waals surface area (Å²) < 4.78 is 2.40. The Bertz CT molecular complexity index is 828. The minimum atomic E-state index is -0.143. The third-order valence-electron chi connectivity index (χ3n) is 3.06. The van der Waals surface area contributed by atoms with Crippen molar-refractivity contribution in [2.24, 2.45) is 0 Å². The minimum absolute atomic E-state index is 0.0262. The Hall–Kier alpha value is -2.79. The lowest BCUT2D eigenvalue weighted by Gasteiger charge is -2.17. The highest BCUT2D eigenvalue weighted by atomic mass is 32.1. The van der Waals surface area contributed by atoms with Gasteiger partial charge in [-0.15, -0.1) is 5.10 Å². The van der Waals surface area contributed by atoms with Gasteiger partial charge in [-0.3, -0.25) is 9.69 Å². The van der Waals surface area contributed by atoms with Crippen LogP contribution in [0.15, 0.2) is 30.6 Å². The molecule has 0 atom stereocenters. The van der Waals surface area contributed by atoms with Crippen LogP contribution in [0.3, 0.4) is 0 Å². The summed E-state index contributed by atoms with van der Waals surface area (Å²) in [6.45, 7) is 2.43. The van der Waals surface area contributed by atoms with Crippen molar-refractivity contribution in [3.63, 3.8) is 0 Å². The van der Waals surface area contributed by atoms with Gasteiger partial charge in [0.05, 0.1) is 10.2 Å². The monoisotopic (exact) mass is 312 g/mol. The molecule has 2 aromatic heterocycles. The van der Waals surface area contributed by atoms with E-state index in [0.717, 1.165) is 10.2 Å². The third kappa shape index (κ3) is 2.66. The maximum absolute atomic E-state index is 12.4. The number of para-hydroxylation sites is 1. The molecule has 0 bridgehead atoms. The molecule has 0 saturated heterocycles. The van der Waals surface area contributed by atoms with Gasteiger partial charge in [-0.2, -0.15) is 5.26 Å². The van der Waals surface area contributed by atoms with E-state index in [2.05, 4.69) is 15.1 Å². The third-order valence-corrected chi connectivity index (χ3v) is 4.12.